The molecule has 22 heavy (non-hydrogen) atoms. The van der Waals surface area contributed by atoms with E-state index in [0.29, 0.717) is 12.3 Å². The van der Waals surface area contributed by atoms with Gasteiger partial charge in [-0.15, -0.1) is 10.2 Å². The van der Waals surface area contributed by atoms with Crippen molar-refractivity contribution in [1.82, 2.24) is 19.9 Å². The second-order valence-electron chi connectivity index (χ2n) is 6.92. The van der Waals surface area contributed by atoms with Crippen LogP contribution in [0, 0.1) is 17.8 Å². The highest BCUT2D eigenvalue weighted by Crippen LogP contribution is 2.49. The van der Waals surface area contributed by atoms with E-state index in [1.807, 2.05) is 35.7 Å². The lowest BCUT2D eigenvalue weighted by molar-refractivity contribution is -0.123. The van der Waals surface area contributed by atoms with Gasteiger partial charge in [0, 0.05) is 12.6 Å². The summed E-state index contributed by atoms with van der Waals surface area (Å²) in [5.41, 5.74) is 0.812. The van der Waals surface area contributed by atoms with E-state index in [0.717, 1.165) is 23.3 Å². The summed E-state index contributed by atoms with van der Waals surface area (Å²) in [4.78, 5) is 12.3. The number of hydrogen-bond donors (Lipinski definition) is 1. The number of rotatable bonds is 4. The predicted octanol–water partition coefficient (Wildman–Crippen LogP) is 2.73. The molecule has 5 heteroatoms. The van der Waals surface area contributed by atoms with E-state index >= 15 is 0 Å². The molecule has 5 nitrogen and oxygen atoms in total. The van der Waals surface area contributed by atoms with E-state index in [2.05, 4.69) is 15.5 Å². The Morgan fingerprint density at radius 2 is 2.27 bits per heavy atom. The van der Waals surface area contributed by atoms with Crippen LogP contribution in [0.25, 0.3) is 5.65 Å². The van der Waals surface area contributed by atoms with Crippen molar-refractivity contribution in [2.45, 2.75) is 45.1 Å². The number of nitrogens with zero attached hydrogens (tertiary/aromatic N) is 3. The number of amides is 1. The van der Waals surface area contributed by atoms with Crippen molar-refractivity contribution in [2.24, 2.45) is 17.8 Å². The van der Waals surface area contributed by atoms with Crippen LogP contribution in [0.15, 0.2) is 24.4 Å². The van der Waals surface area contributed by atoms with Gasteiger partial charge in [0.2, 0.25) is 5.91 Å². The molecule has 4 rings (SSSR count). The first kappa shape index (κ1) is 13.7. The van der Waals surface area contributed by atoms with Gasteiger partial charge in [-0.05, 0) is 56.1 Å². The van der Waals surface area contributed by atoms with E-state index in [1.54, 1.807) is 0 Å². The fourth-order valence-corrected chi connectivity index (χ4v) is 4.38. The van der Waals surface area contributed by atoms with Gasteiger partial charge in [0.1, 0.15) is 0 Å². The lowest BCUT2D eigenvalue weighted by atomic mass is 9.86. The van der Waals surface area contributed by atoms with Gasteiger partial charge in [-0.3, -0.25) is 9.20 Å². The summed E-state index contributed by atoms with van der Waals surface area (Å²) in [6, 6.07) is 5.68. The summed E-state index contributed by atoms with van der Waals surface area (Å²) in [7, 11) is 0. The predicted molar refractivity (Wildman–Crippen MR) is 83.1 cm³/mol. The molecule has 0 spiro atoms. The average Bonchev–Trinajstić information content (AvgIpc) is 3.21. The fraction of sp³-hybridized carbons (Fsp3) is 0.588. The first-order valence-corrected chi connectivity index (χ1v) is 8.29. The lowest BCUT2D eigenvalue weighted by Gasteiger charge is -2.22. The molecule has 0 radical (unpaired) electrons. The number of pyridine rings is 1. The summed E-state index contributed by atoms with van der Waals surface area (Å²) in [6.45, 7) is 1.97. The number of fused-ring (bicyclic) bond motifs is 3. The Labute approximate surface area is 130 Å². The normalized spacial score (nSPS) is 28.1. The highest BCUT2D eigenvalue weighted by atomic mass is 16.1. The Balaban J connectivity index is 1.41. The van der Waals surface area contributed by atoms with Crippen molar-refractivity contribution in [2.75, 3.05) is 0 Å². The number of nitrogens with one attached hydrogen (secondary N) is 1. The van der Waals surface area contributed by atoms with Gasteiger partial charge < -0.3 is 5.32 Å². The highest BCUT2D eigenvalue weighted by molar-refractivity contribution is 5.76. The minimum Gasteiger partial charge on any atom is -0.346 e. The van der Waals surface area contributed by atoms with Gasteiger partial charge in [-0.25, -0.2) is 0 Å². The third kappa shape index (κ3) is 2.38. The van der Waals surface area contributed by atoms with Gasteiger partial charge in [0.25, 0.3) is 0 Å². The molecular formula is C17H22N4O. The molecule has 2 fully saturated rings. The molecule has 1 N–H and O–H groups in total. The Hall–Kier alpha value is -1.91. The third-order valence-electron chi connectivity index (χ3n) is 5.44. The van der Waals surface area contributed by atoms with Crippen molar-refractivity contribution in [3.63, 3.8) is 0 Å². The molecule has 2 bridgehead atoms. The minimum atomic E-state index is -0.122. The first-order valence-electron chi connectivity index (χ1n) is 8.29. The van der Waals surface area contributed by atoms with Gasteiger partial charge >= 0.3 is 0 Å². The van der Waals surface area contributed by atoms with Gasteiger partial charge in [-0.2, -0.15) is 0 Å². The van der Waals surface area contributed by atoms with Crippen LogP contribution in [-0.2, 0) is 4.79 Å². The van der Waals surface area contributed by atoms with Gasteiger partial charge in [0.05, 0.1) is 6.04 Å². The Kier molecular flexibility index (Phi) is 3.36. The zero-order chi connectivity index (χ0) is 15.1. The molecule has 4 atom stereocenters. The second kappa shape index (κ2) is 5.38. The molecule has 2 aromatic heterocycles. The fourth-order valence-electron chi connectivity index (χ4n) is 4.38. The third-order valence-corrected chi connectivity index (χ3v) is 5.44. The van der Waals surface area contributed by atoms with Gasteiger partial charge in [0.15, 0.2) is 11.5 Å². The number of carbonyl (C=O) groups is 1. The maximum Gasteiger partial charge on any atom is 0.220 e. The largest absolute Gasteiger partial charge is 0.346 e. The molecule has 2 aromatic rings. The second-order valence-corrected chi connectivity index (χ2v) is 6.92. The van der Waals surface area contributed by atoms with Gasteiger partial charge in [-0.1, -0.05) is 12.5 Å². The molecular weight excluding hydrogens is 276 g/mol. The maximum atomic E-state index is 12.3. The molecule has 2 aliphatic carbocycles. The van der Waals surface area contributed by atoms with E-state index in [1.165, 1.54) is 25.7 Å². The minimum absolute atomic E-state index is 0.122. The van der Waals surface area contributed by atoms with Crippen molar-refractivity contribution < 1.29 is 4.79 Å². The van der Waals surface area contributed by atoms with Crippen LogP contribution < -0.4 is 5.32 Å². The summed E-state index contributed by atoms with van der Waals surface area (Å²) >= 11 is 0. The van der Waals surface area contributed by atoms with Crippen LogP contribution in [0.3, 0.4) is 0 Å². The number of aromatic nitrogens is 3. The molecule has 0 aliphatic heterocycles. The Morgan fingerprint density at radius 1 is 1.36 bits per heavy atom. The van der Waals surface area contributed by atoms with Crippen molar-refractivity contribution >= 4 is 11.6 Å². The maximum absolute atomic E-state index is 12.3. The van der Waals surface area contributed by atoms with Crippen LogP contribution >= 0.6 is 0 Å². The molecule has 2 aliphatic rings. The SMILES string of the molecule is CC(NC(=O)CC1CC2CCC1C2)c1nnc2ccccn12. The summed E-state index contributed by atoms with van der Waals surface area (Å²) < 4.78 is 1.93. The van der Waals surface area contributed by atoms with Crippen molar-refractivity contribution in [1.29, 1.82) is 0 Å². The molecule has 116 valence electrons. The highest BCUT2D eigenvalue weighted by Gasteiger charge is 2.40. The molecule has 4 unspecified atom stereocenters. The van der Waals surface area contributed by atoms with Crippen LogP contribution in [0.4, 0.5) is 0 Å². The van der Waals surface area contributed by atoms with Crippen LogP contribution in [-0.4, -0.2) is 20.5 Å². The molecule has 2 saturated carbocycles. The summed E-state index contributed by atoms with van der Waals surface area (Å²) in [5.74, 6) is 3.22. The van der Waals surface area contributed by atoms with Crippen LogP contribution in [0.5, 0.6) is 0 Å². The zero-order valence-corrected chi connectivity index (χ0v) is 12.9. The Bertz CT molecular complexity index is 695. The molecule has 2 heterocycles. The number of carbonyl (C=O) groups excluding carboxylic acids is 1. The van der Waals surface area contributed by atoms with E-state index in [-0.39, 0.29) is 11.9 Å². The molecule has 0 aromatic carbocycles. The standard InChI is InChI=1S/C17H22N4O/c1-11(17-20-19-15-4-2-3-7-21(15)17)18-16(22)10-14-9-12-5-6-13(14)8-12/h2-4,7,11-14H,5-6,8-10H2,1H3,(H,18,22). The first-order chi connectivity index (χ1) is 10.7. The quantitative estimate of drug-likeness (QED) is 0.944. The summed E-state index contributed by atoms with van der Waals surface area (Å²) in [5, 5.41) is 11.5. The average molecular weight is 298 g/mol. The van der Waals surface area contributed by atoms with E-state index < -0.39 is 0 Å². The molecule has 1 amide bonds. The van der Waals surface area contributed by atoms with E-state index in [4.69, 9.17) is 0 Å². The smallest absolute Gasteiger partial charge is 0.220 e. The monoisotopic (exact) mass is 298 g/mol. The number of hydrogen-bond acceptors (Lipinski definition) is 3. The van der Waals surface area contributed by atoms with Crippen molar-refractivity contribution in [3.05, 3.63) is 30.2 Å². The van der Waals surface area contributed by atoms with Crippen LogP contribution in [0.2, 0.25) is 0 Å². The zero-order valence-electron chi connectivity index (χ0n) is 12.9. The molecule has 0 saturated heterocycles. The topological polar surface area (TPSA) is 59.3 Å². The van der Waals surface area contributed by atoms with Crippen LogP contribution in [0.1, 0.15) is 50.9 Å². The van der Waals surface area contributed by atoms with Crippen molar-refractivity contribution in [3.8, 4) is 0 Å². The summed E-state index contributed by atoms with van der Waals surface area (Å²) in [6.07, 6.45) is 7.91. The lowest BCUT2D eigenvalue weighted by Crippen LogP contribution is -2.30. The van der Waals surface area contributed by atoms with E-state index in [9.17, 15) is 4.79 Å². The Morgan fingerprint density at radius 3 is 3.05 bits per heavy atom.